The molecule has 2 heterocycles. The van der Waals surface area contributed by atoms with Crippen molar-refractivity contribution < 1.29 is 8.42 Å². The molecule has 0 unspecified atom stereocenters. The van der Waals surface area contributed by atoms with E-state index in [-0.39, 0.29) is 10.0 Å². The van der Waals surface area contributed by atoms with Crippen molar-refractivity contribution in [3.63, 3.8) is 0 Å². The smallest absolute Gasteiger partial charge is 0.242 e. The average molecular weight is 384 g/mol. The Kier molecular flexibility index (Phi) is 4.52. The lowest BCUT2D eigenvalue weighted by atomic mass is 10.3. The zero-order chi connectivity index (χ0) is 17.5. The maximum absolute atomic E-state index is 12.3. The number of aryl methyl sites for hydroxylation is 1. The van der Waals surface area contributed by atoms with E-state index in [0.29, 0.717) is 21.2 Å². The minimum atomic E-state index is -3.54. The lowest BCUT2D eigenvalue weighted by molar-refractivity contribution is 0.521. The van der Waals surface area contributed by atoms with Gasteiger partial charge in [0.15, 0.2) is 10.3 Å². The third-order valence-corrected chi connectivity index (χ3v) is 6.55. The highest BCUT2D eigenvalue weighted by Gasteiger charge is 2.19. The maximum atomic E-state index is 12.3. The van der Waals surface area contributed by atoms with Gasteiger partial charge in [-0.2, -0.15) is 0 Å². The number of fused-ring (bicyclic) bond motifs is 1. The molecule has 126 valence electrons. The van der Waals surface area contributed by atoms with E-state index in [0.717, 1.165) is 4.31 Å². The Labute approximate surface area is 148 Å². The Morgan fingerprint density at radius 3 is 2.58 bits per heavy atom. The molecule has 0 spiro atoms. The molecule has 0 radical (unpaired) electrons. The first-order chi connectivity index (χ1) is 11.3. The van der Waals surface area contributed by atoms with Gasteiger partial charge < -0.3 is 4.57 Å². The fraction of sp³-hybridized carbons (Fsp3) is 0.214. The Morgan fingerprint density at radius 2 is 1.96 bits per heavy atom. The molecule has 0 bridgehead atoms. The van der Waals surface area contributed by atoms with Crippen LogP contribution in [0.3, 0.4) is 0 Å². The molecule has 3 aromatic rings. The third kappa shape index (κ3) is 3.12. The number of halogens is 1. The van der Waals surface area contributed by atoms with E-state index >= 15 is 0 Å². The van der Waals surface area contributed by atoms with E-state index in [4.69, 9.17) is 11.6 Å². The van der Waals surface area contributed by atoms with Crippen LogP contribution in [0.5, 0.6) is 0 Å². The highest BCUT2D eigenvalue weighted by Crippen LogP contribution is 2.31. The van der Waals surface area contributed by atoms with Crippen LogP contribution in [0.2, 0.25) is 5.15 Å². The summed E-state index contributed by atoms with van der Waals surface area (Å²) in [5, 5.41) is 1.43. The van der Waals surface area contributed by atoms with Gasteiger partial charge in [-0.05, 0) is 30.0 Å². The fourth-order valence-corrected chi connectivity index (χ4v) is 3.91. The molecule has 3 rings (SSSR count). The van der Waals surface area contributed by atoms with Crippen LogP contribution in [-0.4, -0.2) is 46.3 Å². The van der Waals surface area contributed by atoms with E-state index < -0.39 is 10.0 Å². The van der Waals surface area contributed by atoms with Crippen molar-refractivity contribution in [2.45, 2.75) is 15.1 Å². The van der Waals surface area contributed by atoms with Gasteiger partial charge >= 0.3 is 0 Å². The number of imidazole rings is 1. The molecule has 0 aliphatic carbocycles. The summed E-state index contributed by atoms with van der Waals surface area (Å²) >= 11 is 7.46. The predicted molar refractivity (Wildman–Crippen MR) is 92.8 cm³/mol. The third-order valence-electron chi connectivity index (χ3n) is 3.31. The number of sulfonamides is 1. The first kappa shape index (κ1) is 17.2. The highest BCUT2D eigenvalue weighted by molar-refractivity contribution is 7.99. The summed E-state index contributed by atoms with van der Waals surface area (Å²) < 4.78 is 27.5. The molecular formula is C14H14ClN5O2S2. The quantitative estimate of drug-likeness (QED) is 0.688. The van der Waals surface area contributed by atoms with Crippen molar-refractivity contribution in [3.05, 3.63) is 35.7 Å². The normalized spacial score (nSPS) is 12.2. The summed E-state index contributed by atoms with van der Waals surface area (Å²) in [6.45, 7) is 0. The summed E-state index contributed by atoms with van der Waals surface area (Å²) in [4.78, 5) is 13.1. The molecular weight excluding hydrogens is 370 g/mol. The Bertz CT molecular complexity index is 1020. The van der Waals surface area contributed by atoms with Crippen LogP contribution in [0.25, 0.3) is 11.0 Å². The van der Waals surface area contributed by atoms with E-state index in [2.05, 4.69) is 15.0 Å². The SMILES string of the molecule is CN(C)S(=O)(=O)c1ccc2nc(Cl)c(Sc3nccn3C)nc2c1. The van der Waals surface area contributed by atoms with Crippen LogP contribution in [0.1, 0.15) is 0 Å². The summed E-state index contributed by atoms with van der Waals surface area (Å²) in [7, 11) is 1.29. The number of rotatable bonds is 4. The Hall–Kier alpha value is -1.68. The van der Waals surface area contributed by atoms with Gasteiger partial charge in [0, 0.05) is 33.5 Å². The molecule has 1 aromatic carbocycles. The van der Waals surface area contributed by atoms with Gasteiger partial charge in [0.05, 0.1) is 15.9 Å². The minimum absolute atomic E-state index is 0.157. The van der Waals surface area contributed by atoms with Crippen LogP contribution < -0.4 is 0 Å². The molecule has 0 saturated heterocycles. The predicted octanol–water partition coefficient (Wildman–Crippen LogP) is 2.42. The Balaban J connectivity index is 2.09. The summed E-state index contributed by atoms with van der Waals surface area (Å²) in [6.07, 6.45) is 3.49. The standard InChI is InChI=1S/C14H14ClN5O2S2/c1-19(2)24(21,22)9-4-5-10-11(8-9)18-13(12(15)17-10)23-14-16-6-7-20(14)3/h4-8H,1-3H3. The van der Waals surface area contributed by atoms with Crippen LogP contribution in [0, 0.1) is 0 Å². The number of hydrogen-bond donors (Lipinski definition) is 0. The second kappa shape index (κ2) is 6.32. The maximum Gasteiger partial charge on any atom is 0.242 e. The molecule has 2 aromatic heterocycles. The zero-order valence-electron chi connectivity index (χ0n) is 13.1. The number of nitrogens with zero attached hydrogens (tertiary/aromatic N) is 5. The van der Waals surface area contributed by atoms with Gasteiger partial charge in [-0.25, -0.2) is 27.7 Å². The van der Waals surface area contributed by atoms with E-state index in [1.165, 1.54) is 38.0 Å². The molecule has 0 amide bonds. The lowest BCUT2D eigenvalue weighted by Gasteiger charge is -2.12. The van der Waals surface area contributed by atoms with E-state index in [9.17, 15) is 8.42 Å². The van der Waals surface area contributed by atoms with Crippen molar-refractivity contribution in [1.29, 1.82) is 0 Å². The largest absolute Gasteiger partial charge is 0.329 e. The highest BCUT2D eigenvalue weighted by atomic mass is 35.5. The minimum Gasteiger partial charge on any atom is -0.329 e. The van der Waals surface area contributed by atoms with E-state index in [1.54, 1.807) is 12.3 Å². The van der Waals surface area contributed by atoms with Crippen LogP contribution >= 0.6 is 23.4 Å². The molecule has 7 nitrogen and oxygen atoms in total. The van der Waals surface area contributed by atoms with Crippen LogP contribution in [0.4, 0.5) is 0 Å². The topological polar surface area (TPSA) is 81.0 Å². The number of hydrogen-bond acceptors (Lipinski definition) is 6. The van der Waals surface area contributed by atoms with Gasteiger partial charge in [0.1, 0.15) is 5.03 Å². The molecule has 0 N–H and O–H groups in total. The van der Waals surface area contributed by atoms with Gasteiger partial charge in [0.2, 0.25) is 10.0 Å². The monoisotopic (exact) mass is 383 g/mol. The summed E-state index contributed by atoms with van der Waals surface area (Å²) in [6, 6.07) is 4.59. The molecule has 0 saturated carbocycles. The van der Waals surface area contributed by atoms with Crippen molar-refractivity contribution in [2.24, 2.45) is 7.05 Å². The molecule has 0 fully saturated rings. The van der Waals surface area contributed by atoms with Gasteiger partial charge in [-0.15, -0.1) is 0 Å². The number of benzene rings is 1. The Morgan fingerprint density at radius 1 is 1.21 bits per heavy atom. The average Bonchev–Trinajstić information content (AvgIpc) is 2.92. The molecule has 0 aliphatic heterocycles. The molecule has 0 atom stereocenters. The molecule has 0 aliphatic rings. The molecule has 24 heavy (non-hydrogen) atoms. The number of aromatic nitrogens is 4. The van der Waals surface area contributed by atoms with E-state index in [1.807, 2.05) is 17.8 Å². The second-order valence-corrected chi connectivity index (χ2v) is 8.65. The summed E-state index contributed by atoms with van der Waals surface area (Å²) in [5.41, 5.74) is 0.987. The van der Waals surface area contributed by atoms with Gasteiger partial charge in [0.25, 0.3) is 0 Å². The second-order valence-electron chi connectivity index (χ2n) is 5.18. The molecule has 10 heteroatoms. The zero-order valence-corrected chi connectivity index (χ0v) is 15.5. The van der Waals surface area contributed by atoms with Crippen molar-refractivity contribution in [1.82, 2.24) is 23.8 Å². The van der Waals surface area contributed by atoms with Gasteiger partial charge in [-0.1, -0.05) is 11.6 Å². The van der Waals surface area contributed by atoms with Crippen molar-refractivity contribution in [3.8, 4) is 0 Å². The van der Waals surface area contributed by atoms with Gasteiger partial charge in [-0.3, -0.25) is 0 Å². The first-order valence-corrected chi connectivity index (χ1v) is 9.47. The van der Waals surface area contributed by atoms with Crippen LogP contribution in [0.15, 0.2) is 45.7 Å². The van der Waals surface area contributed by atoms with Crippen LogP contribution in [-0.2, 0) is 17.1 Å². The summed E-state index contributed by atoms with van der Waals surface area (Å²) in [5.74, 6) is 0. The first-order valence-electron chi connectivity index (χ1n) is 6.84. The van der Waals surface area contributed by atoms with Crippen molar-refractivity contribution in [2.75, 3.05) is 14.1 Å². The fourth-order valence-electron chi connectivity index (χ4n) is 1.97. The lowest BCUT2D eigenvalue weighted by Crippen LogP contribution is -2.22. The van der Waals surface area contributed by atoms with Crippen molar-refractivity contribution >= 4 is 44.4 Å².